The SMILES string of the molecule is CCOC(=O)C1=C(C)N=c2s/c(=C\c3cn(Cc4ccccc4)c4ccccc34)c(=O)n2[C@@H]1c1ccc(Cl)cc1. The zero-order chi connectivity index (χ0) is 27.8. The topological polar surface area (TPSA) is 65.6 Å². The number of thiazole rings is 1. The van der Waals surface area contributed by atoms with Crippen LogP contribution in [0.1, 0.15) is 36.6 Å². The molecule has 0 saturated carbocycles. The zero-order valence-electron chi connectivity index (χ0n) is 22.0. The highest BCUT2D eigenvalue weighted by Gasteiger charge is 2.33. The second kappa shape index (κ2) is 10.8. The second-order valence-electron chi connectivity index (χ2n) is 9.57. The van der Waals surface area contributed by atoms with Crippen molar-refractivity contribution < 1.29 is 9.53 Å². The monoisotopic (exact) mass is 567 g/mol. The van der Waals surface area contributed by atoms with Gasteiger partial charge in [-0.2, -0.15) is 0 Å². The Morgan fingerprint density at radius 2 is 1.77 bits per heavy atom. The summed E-state index contributed by atoms with van der Waals surface area (Å²) in [6.45, 7) is 4.48. The maximum atomic E-state index is 14.0. The number of halogens is 1. The predicted molar refractivity (Wildman–Crippen MR) is 159 cm³/mol. The van der Waals surface area contributed by atoms with Gasteiger partial charge in [0, 0.05) is 34.2 Å². The third-order valence-corrected chi connectivity index (χ3v) is 8.24. The van der Waals surface area contributed by atoms with Crippen molar-refractivity contribution in [2.45, 2.75) is 26.4 Å². The van der Waals surface area contributed by atoms with Crippen molar-refractivity contribution in [3.05, 3.63) is 138 Å². The van der Waals surface area contributed by atoms with Gasteiger partial charge in [-0.1, -0.05) is 83.6 Å². The van der Waals surface area contributed by atoms with E-state index in [1.54, 1.807) is 30.5 Å². The Balaban J connectivity index is 1.52. The molecule has 0 N–H and O–H groups in total. The Morgan fingerprint density at radius 3 is 2.52 bits per heavy atom. The van der Waals surface area contributed by atoms with Crippen molar-refractivity contribution in [2.24, 2.45) is 4.99 Å². The summed E-state index contributed by atoms with van der Waals surface area (Å²) in [7, 11) is 0. The smallest absolute Gasteiger partial charge is 0.338 e. The molecule has 40 heavy (non-hydrogen) atoms. The Bertz CT molecular complexity index is 1950. The van der Waals surface area contributed by atoms with Gasteiger partial charge < -0.3 is 9.30 Å². The molecule has 3 heterocycles. The van der Waals surface area contributed by atoms with Crippen LogP contribution in [-0.2, 0) is 16.1 Å². The number of hydrogen-bond acceptors (Lipinski definition) is 5. The Morgan fingerprint density at radius 1 is 1.05 bits per heavy atom. The predicted octanol–water partition coefficient (Wildman–Crippen LogP) is 5.45. The van der Waals surface area contributed by atoms with Gasteiger partial charge in [0.2, 0.25) is 0 Å². The number of hydrogen-bond donors (Lipinski definition) is 0. The summed E-state index contributed by atoms with van der Waals surface area (Å²) < 4.78 is 9.72. The largest absolute Gasteiger partial charge is 0.463 e. The number of benzene rings is 3. The van der Waals surface area contributed by atoms with Crippen LogP contribution in [0, 0.1) is 0 Å². The van der Waals surface area contributed by atoms with E-state index >= 15 is 0 Å². The molecule has 6 rings (SSSR count). The third-order valence-electron chi connectivity index (χ3n) is 7.00. The molecule has 5 aromatic rings. The number of fused-ring (bicyclic) bond motifs is 2. The van der Waals surface area contributed by atoms with Crippen LogP contribution in [0.4, 0.5) is 0 Å². The van der Waals surface area contributed by atoms with Crippen molar-refractivity contribution in [3.63, 3.8) is 0 Å². The number of para-hydroxylation sites is 1. The summed E-state index contributed by atoms with van der Waals surface area (Å²) in [5.74, 6) is -0.484. The average Bonchev–Trinajstić information content (AvgIpc) is 3.45. The molecule has 0 bridgehead atoms. The van der Waals surface area contributed by atoms with E-state index in [2.05, 4.69) is 40.0 Å². The average molecular weight is 568 g/mol. The first kappa shape index (κ1) is 26.0. The first-order chi connectivity index (χ1) is 19.4. The molecule has 1 atom stereocenters. The highest BCUT2D eigenvalue weighted by molar-refractivity contribution is 7.07. The molecule has 8 heteroatoms. The van der Waals surface area contributed by atoms with Crippen molar-refractivity contribution in [1.82, 2.24) is 9.13 Å². The van der Waals surface area contributed by atoms with Gasteiger partial charge in [-0.25, -0.2) is 9.79 Å². The van der Waals surface area contributed by atoms with E-state index in [0.717, 1.165) is 28.6 Å². The van der Waals surface area contributed by atoms with Gasteiger partial charge in [0.25, 0.3) is 5.56 Å². The number of rotatable bonds is 6. The minimum atomic E-state index is -0.672. The third kappa shape index (κ3) is 4.72. The highest BCUT2D eigenvalue weighted by atomic mass is 35.5. The van der Waals surface area contributed by atoms with Crippen molar-refractivity contribution in [2.75, 3.05) is 6.61 Å². The van der Waals surface area contributed by atoms with E-state index in [1.165, 1.54) is 16.9 Å². The zero-order valence-corrected chi connectivity index (χ0v) is 23.6. The van der Waals surface area contributed by atoms with E-state index < -0.39 is 12.0 Å². The summed E-state index contributed by atoms with van der Waals surface area (Å²) in [5, 5.41) is 1.63. The lowest BCUT2D eigenvalue weighted by Crippen LogP contribution is -2.39. The van der Waals surface area contributed by atoms with E-state index in [0.29, 0.717) is 25.6 Å². The maximum absolute atomic E-state index is 14.0. The Hall–Kier alpha value is -4.20. The molecule has 0 unspecified atom stereocenters. The molecule has 0 spiro atoms. The lowest BCUT2D eigenvalue weighted by atomic mass is 9.96. The molecule has 200 valence electrons. The number of aromatic nitrogens is 2. The summed E-state index contributed by atoms with van der Waals surface area (Å²) in [6, 6.07) is 25.0. The van der Waals surface area contributed by atoms with E-state index in [4.69, 9.17) is 16.3 Å². The summed E-state index contributed by atoms with van der Waals surface area (Å²) in [4.78, 5) is 32.3. The van der Waals surface area contributed by atoms with Crippen LogP contribution in [0.3, 0.4) is 0 Å². The Kier molecular flexibility index (Phi) is 7.00. The fourth-order valence-corrected chi connectivity index (χ4v) is 6.36. The van der Waals surface area contributed by atoms with Gasteiger partial charge in [-0.3, -0.25) is 9.36 Å². The lowest BCUT2D eigenvalue weighted by Gasteiger charge is -2.24. The molecule has 0 aliphatic carbocycles. The van der Waals surface area contributed by atoms with Crippen LogP contribution in [0.15, 0.2) is 106 Å². The molecule has 0 saturated heterocycles. The molecule has 0 radical (unpaired) electrons. The molecule has 0 fully saturated rings. The molecule has 2 aromatic heterocycles. The van der Waals surface area contributed by atoms with Gasteiger partial charge >= 0.3 is 5.97 Å². The van der Waals surface area contributed by atoms with E-state index in [9.17, 15) is 9.59 Å². The molecule has 1 aliphatic rings. The minimum absolute atomic E-state index is 0.210. The Labute approximate surface area is 239 Å². The summed E-state index contributed by atoms with van der Waals surface area (Å²) in [6.07, 6.45) is 4.01. The molecule has 3 aromatic carbocycles. The fraction of sp³-hybridized carbons (Fsp3) is 0.156. The first-order valence-corrected chi connectivity index (χ1v) is 14.2. The van der Waals surface area contributed by atoms with Gasteiger partial charge in [-0.15, -0.1) is 0 Å². The standard InChI is InChI=1S/C32H26ClN3O3S/c1-3-39-31(38)28-20(2)34-32-36(29(28)22-13-15-24(33)16-14-22)30(37)27(40-32)17-23-19-35(18-21-9-5-4-6-10-21)26-12-8-7-11-25(23)26/h4-17,19,29H,3,18H2,1-2H3/b27-17-/t29-/m1/s1. The lowest BCUT2D eigenvalue weighted by molar-refractivity contribution is -0.139. The van der Waals surface area contributed by atoms with Crippen LogP contribution >= 0.6 is 22.9 Å². The summed E-state index contributed by atoms with van der Waals surface area (Å²) in [5.41, 5.74) is 4.66. The fourth-order valence-electron chi connectivity index (χ4n) is 5.19. The van der Waals surface area contributed by atoms with Crippen molar-refractivity contribution in [3.8, 4) is 0 Å². The van der Waals surface area contributed by atoms with Crippen LogP contribution < -0.4 is 14.9 Å². The number of carbonyl (C=O) groups is 1. The highest BCUT2D eigenvalue weighted by Crippen LogP contribution is 2.31. The van der Waals surface area contributed by atoms with Crippen molar-refractivity contribution >= 4 is 45.9 Å². The maximum Gasteiger partial charge on any atom is 0.338 e. The van der Waals surface area contributed by atoms with E-state index in [-0.39, 0.29) is 12.2 Å². The van der Waals surface area contributed by atoms with E-state index in [1.807, 2.05) is 48.5 Å². The first-order valence-electron chi connectivity index (χ1n) is 13.0. The summed E-state index contributed by atoms with van der Waals surface area (Å²) >= 11 is 7.48. The molecular formula is C32H26ClN3O3S. The second-order valence-corrected chi connectivity index (χ2v) is 11.0. The number of carbonyl (C=O) groups excluding carboxylic acids is 1. The number of ether oxygens (including phenoxy) is 1. The van der Waals surface area contributed by atoms with Crippen molar-refractivity contribution in [1.29, 1.82) is 0 Å². The van der Waals surface area contributed by atoms with Crippen LogP contribution in [0.5, 0.6) is 0 Å². The van der Waals surface area contributed by atoms with Gasteiger partial charge in [0.05, 0.1) is 28.5 Å². The number of nitrogens with zero attached hydrogens (tertiary/aromatic N) is 3. The molecule has 6 nitrogen and oxygen atoms in total. The minimum Gasteiger partial charge on any atom is -0.463 e. The van der Waals surface area contributed by atoms with Gasteiger partial charge in [-0.05, 0) is 49.2 Å². The molecule has 1 aliphatic heterocycles. The molecule has 0 amide bonds. The number of esters is 1. The normalized spacial score (nSPS) is 15.3. The molecular weight excluding hydrogens is 542 g/mol. The van der Waals surface area contributed by atoms with Gasteiger partial charge in [0.1, 0.15) is 0 Å². The van der Waals surface area contributed by atoms with Crippen LogP contribution in [0.2, 0.25) is 5.02 Å². The van der Waals surface area contributed by atoms with Crippen LogP contribution in [0.25, 0.3) is 17.0 Å². The van der Waals surface area contributed by atoms with Gasteiger partial charge in [0.15, 0.2) is 4.80 Å². The van der Waals surface area contributed by atoms with Crippen LogP contribution in [-0.4, -0.2) is 21.7 Å². The quantitative estimate of drug-likeness (QED) is 0.256. The number of allylic oxidation sites excluding steroid dienone is 1.